The van der Waals surface area contributed by atoms with E-state index < -0.39 is 0 Å². The standard InChI is InChI=1S/C22H34N6OS/c1-5-12-29-20-8-7-19-16-28(11-9-18(19)14-20)22(23-10-6-13-30-4)24-15-21-26-25-17(2)27(21)3/h7-8,14H,5-6,9-13,15-16H2,1-4H3,(H,23,24). The molecule has 1 aromatic heterocycles. The summed E-state index contributed by atoms with van der Waals surface area (Å²) in [5.41, 5.74) is 2.73. The van der Waals surface area contributed by atoms with Crippen LogP contribution >= 0.6 is 11.8 Å². The summed E-state index contributed by atoms with van der Waals surface area (Å²) >= 11 is 1.87. The molecule has 30 heavy (non-hydrogen) atoms. The first-order chi connectivity index (χ1) is 14.6. The predicted octanol–water partition coefficient (Wildman–Crippen LogP) is 3.17. The van der Waals surface area contributed by atoms with Gasteiger partial charge in [0.15, 0.2) is 11.8 Å². The van der Waals surface area contributed by atoms with Crippen molar-refractivity contribution in [2.45, 2.75) is 46.2 Å². The molecular formula is C22H34N6OS. The Labute approximate surface area is 184 Å². The van der Waals surface area contributed by atoms with Gasteiger partial charge in [0, 0.05) is 26.7 Å². The van der Waals surface area contributed by atoms with Crippen LogP contribution in [-0.4, -0.2) is 57.3 Å². The van der Waals surface area contributed by atoms with Crippen molar-refractivity contribution in [3.05, 3.63) is 41.0 Å². The van der Waals surface area contributed by atoms with E-state index in [0.717, 1.165) is 74.6 Å². The molecule has 2 aromatic rings. The molecule has 0 spiro atoms. The second-order valence-corrected chi connectivity index (χ2v) is 8.57. The molecule has 2 heterocycles. The molecule has 0 radical (unpaired) electrons. The fraction of sp³-hybridized carbons (Fsp3) is 0.591. The van der Waals surface area contributed by atoms with Gasteiger partial charge in [0.2, 0.25) is 0 Å². The largest absolute Gasteiger partial charge is 0.494 e. The average Bonchev–Trinajstić information content (AvgIpc) is 3.09. The predicted molar refractivity (Wildman–Crippen MR) is 124 cm³/mol. The highest BCUT2D eigenvalue weighted by atomic mass is 32.2. The van der Waals surface area contributed by atoms with Crippen molar-refractivity contribution in [1.82, 2.24) is 25.0 Å². The van der Waals surface area contributed by atoms with E-state index in [0.29, 0.717) is 6.54 Å². The maximum atomic E-state index is 5.81. The van der Waals surface area contributed by atoms with Crippen molar-refractivity contribution in [2.24, 2.45) is 12.0 Å². The number of thioether (sulfide) groups is 1. The number of nitrogens with one attached hydrogen (secondary N) is 1. The highest BCUT2D eigenvalue weighted by Gasteiger charge is 2.20. The lowest BCUT2D eigenvalue weighted by Gasteiger charge is -2.32. The van der Waals surface area contributed by atoms with Crippen molar-refractivity contribution >= 4 is 17.7 Å². The van der Waals surface area contributed by atoms with Crippen LogP contribution in [0.25, 0.3) is 0 Å². The molecule has 0 atom stereocenters. The van der Waals surface area contributed by atoms with Crippen LogP contribution in [0.5, 0.6) is 5.75 Å². The Bertz CT molecular complexity index is 850. The molecule has 1 N–H and O–H groups in total. The van der Waals surface area contributed by atoms with Gasteiger partial charge in [-0.05, 0) is 61.5 Å². The van der Waals surface area contributed by atoms with E-state index in [1.807, 2.05) is 30.3 Å². The third-order valence-electron chi connectivity index (χ3n) is 5.32. The zero-order chi connectivity index (χ0) is 21.3. The molecule has 0 saturated heterocycles. The van der Waals surface area contributed by atoms with Crippen LogP contribution in [0.4, 0.5) is 0 Å². The van der Waals surface area contributed by atoms with Gasteiger partial charge >= 0.3 is 0 Å². The number of hydrogen-bond donors (Lipinski definition) is 1. The summed E-state index contributed by atoms with van der Waals surface area (Å²) in [4.78, 5) is 7.24. The van der Waals surface area contributed by atoms with Crippen LogP contribution in [0.3, 0.4) is 0 Å². The number of aryl methyl sites for hydroxylation is 1. The third kappa shape index (κ3) is 5.90. The maximum absolute atomic E-state index is 5.81. The molecule has 7 nitrogen and oxygen atoms in total. The zero-order valence-corrected chi connectivity index (χ0v) is 19.5. The minimum atomic E-state index is 0.523. The Morgan fingerprint density at radius 2 is 2.17 bits per heavy atom. The van der Waals surface area contributed by atoms with Crippen LogP contribution in [0, 0.1) is 6.92 Å². The lowest BCUT2D eigenvalue weighted by atomic mass is 9.99. The number of aromatic nitrogens is 3. The SMILES string of the molecule is CCCOc1ccc2c(c1)CCN(C(=NCc1nnc(C)n1C)NCCCSC)C2. The average molecular weight is 431 g/mol. The number of ether oxygens (including phenoxy) is 1. The quantitative estimate of drug-likeness (QED) is 0.374. The minimum absolute atomic E-state index is 0.523. The van der Waals surface area contributed by atoms with E-state index in [1.165, 1.54) is 11.1 Å². The molecule has 0 amide bonds. The van der Waals surface area contributed by atoms with Gasteiger partial charge in [-0.15, -0.1) is 10.2 Å². The maximum Gasteiger partial charge on any atom is 0.194 e. The minimum Gasteiger partial charge on any atom is -0.494 e. The lowest BCUT2D eigenvalue weighted by molar-refractivity contribution is 0.315. The van der Waals surface area contributed by atoms with Crippen molar-refractivity contribution in [2.75, 3.05) is 31.7 Å². The van der Waals surface area contributed by atoms with Crippen molar-refractivity contribution < 1.29 is 4.74 Å². The molecule has 1 aliphatic heterocycles. The van der Waals surface area contributed by atoms with Crippen LogP contribution in [0.1, 0.15) is 42.5 Å². The van der Waals surface area contributed by atoms with Gasteiger partial charge in [-0.2, -0.15) is 11.8 Å². The van der Waals surface area contributed by atoms with E-state index in [4.69, 9.17) is 9.73 Å². The molecule has 0 bridgehead atoms. The number of nitrogens with zero attached hydrogens (tertiary/aromatic N) is 5. The van der Waals surface area contributed by atoms with Gasteiger partial charge in [-0.25, -0.2) is 4.99 Å². The summed E-state index contributed by atoms with van der Waals surface area (Å²) in [6.07, 6.45) is 5.28. The van der Waals surface area contributed by atoms with Gasteiger partial charge < -0.3 is 19.5 Å². The third-order valence-corrected chi connectivity index (χ3v) is 6.02. The normalized spacial score (nSPS) is 14.0. The van der Waals surface area contributed by atoms with Crippen LogP contribution < -0.4 is 10.1 Å². The Morgan fingerprint density at radius 3 is 2.90 bits per heavy atom. The van der Waals surface area contributed by atoms with E-state index in [2.05, 4.69) is 51.8 Å². The second-order valence-electron chi connectivity index (χ2n) is 7.59. The van der Waals surface area contributed by atoms with Gasteiger partial charge in [-0.1, -0.05) is 13.0 Å². The van der Waals surface area contributed by atoms with Crippen molar-refractivity contribution in [1.29, 1.82) is 0 Å². The van der Waals surface area contributed by atoms with Crippen LogP contribution in [0.2, 0.25) is 0 Å². The fourth-order valence-electron chi connectivity index (χ4n) is 3.44. The van der Waals surface area contributed by atoms with Crippen molar-refractivity contribution in [3.63, 3.8) is 0 Å². The molecule has 0 saturated carbocycles. The number of hydrogen-bond acceptors (Lipinski definition) is 5. The molecule has 164 valence electrons. The molecule has 0 unspecified atom stereocenters. The molecule has 0 aliphatic carbocycles. The zero-order valence-electron chi connectivity index (χ0n) is 18.6. The molecule has 3 rings (SSSR count). The summed E-state index contributed by atoms with van der Waals surface area (Å²) in [7, 11) is 1.99. The number of rotatable bonds is 9. The number of benzene rings is 1. The molecule has 8 heteroatoms. The Balaban J connectivity index is 1.71. The van der Waals surface area contributed by atoms with Crippen molar-refractivity contribution in [3.8, 4) is 5.75 Å². The van der Waals surface area contributed by atoms with Gasteiger partial charge in [0.1, 0.15) is 18.1 Å². The topological polar surface area (TPSA) is 67.6 Å². The smallest absolute Gasteiger partial charge is 0.194 e. The molecule has 1 aromatic carbocycles. The molecule has 0 fully saturated rings. The van der Waals surface area contributed by atoms with Gasteiger partial charge in [0.05, 0.1) is 6.61 Å². The fourth-order valence-corrected chi connectivity index (χ4v) is 3.87. The Kier molecular flexibility index (Phi) is 8.42. The highest BCUT2D eigenvalue weighted by molar-refractivity contribution is 7.98. The first kappa shape index (κ1) is 22.5. The van der Waals surface area contributed by atoms with E-state index >= 15 is 0 Å². The monoisotopic (exact) mass is 430 g/mol. The van der Waals surface area contributed by atoms with Crippen LogP contribution in [0.15, 0.2) is 23.2 Å². The molecular weight excluding hydrogens is 396 g/mol. The number of fused-ring (bicyclic) bond motifs is 1. The summed E-state index contributed by atoms with van der Waals surface area (Å²) in [5, 5.41) is 12.0. The first-order valence-corrected chi connectivity index (χ1v) is 12.1. The van der Waals surface area contributed by atoms with Gasteiger partial charge in [-0.3, -0.25) is 0 Å². The highest BCUT2D eigenvalue weighted by Crippen LogP contribution is 2.24. The van der Waals surface area contributed by atoms with E-state index in [1.54, 1.807) is 0 Å². The molecule has 1 aliphatic rings. The Morgan fingerprint density at radius 1 is 1.30 bits per heavy atom. The first-order valence-electron chi connectivity index (χ1n) is 10.7. The number of aliphatic imine (C=N–C) groups is 1. The summed E-state index contributed by atoms with van der Waals surface area (Å²) in [6, 6.07) is 6.49. The van der Waals surface area contributed by atoms with E-state index in [9.17, 15) is 0 Å². The van der Waals surface area contributed by atoms with Crippen LogP contribution in [-0.2, 0) is 26.6 Å². The summed E-state index contributed by atoms with van der Waals surface area (Å²) in [5.74, 6) is 4.86. The lowest BCUT2D eigenvalue weighted by Crippen LogP contribution is -2.44. The summed E-state index contributed by atoms with van der Waals surface area (Å²) < 4.78 is 7.80. The number of guanidine groups is 1. The van der Waals surface area contributed by atoms with E-state index in [-0.39, 0.29) is 0 Å². The van der Waals surface area contributed by atoms with Gasteiger partial charge in [0.25, 0.3) is 0 Å². The second kappa shape index (κ2) is 11.2. The summed E-state index contributed by atoms with van der Waals surface area (Å²) in [6.45, 7) is 8.10. The Hall–Kier alpha value is -2.22.